The first-order chi connectivity index (χ1) is 9.24. The van der Waals surface area contributed by atoms with Crippen molar-refractivity contribution in [1.29, 1.82) is 0 Å². The molecule has 2 rings (SSSR count). The molecule has 0 spiro atoms. The normalized spacial score (nSPS) is 13.0. The minimum Gasteiger partial charge on any atom is -0.493 e. The van der Waals surface area contributed by atoms with E-state index in [1.165, 1.54) is 20.0 Å². The number of hydrogen-bond acceptors (Lipinski definition) is 4. The Kier molecular flexibility index (Phi) is 6.06. The van der Waals surface area contributed by atoms with E-state index in [1.807, 2.05) is 13.8 Å². The first-order valence-corrected chi connectivity index (χ1v) is 6.55. The topological polar surface area (TPSA) is 52.6 Å². The van der Waals surface area contributed by atoms with Gasteiger partial charge in [0.15, 0.2) is 6.29 Å². The Labute approximate surface area is 113 Å². The number of carbonyl (C=O) groups excluding carboxylic acids is 2. The van der Waals surface area contributed by atoms with Crippen molar-refractivity contribution >= 4 is 12.3 Å². The molecule has 0 saturated heterocycles. The molecular weight excluding hydrogens is 244 g/mol. The summed E-state index contributed by atoms with van der Waals surface area (Å²) in [5.41, 5.74) is 0.849. The van der Waals surface area contributed by atoms with Crippen LogP contribution in [0.1, 0.15) is 47.4 Å². The van der Waals surface area contributed by atoms with Crippen molar-refractivity contribution in [3.63, 3.8) is 0 Å². The predicted octanol–water partition coefficient (Wildman–Crippen LogP) is 3.10. The zero-order valence-corrected chi connectivity index (χ0v) is 11.6. The first-order valence-electron chi connectivity index (χ1n) is 6.55. The van der Waals surface area contributed by atoms with Crippen LogP contribution in [-0.4, -0.2) is 26.0 Å². The second-order valence-corrected chi connectivity index (χ2v) is 4.12. The molecule has 19 heavy (non-hydrogen) atoms. The summed E-state index contributed by atoms with van der Waals surface area (Å²) >= 11 is 0. The molecule has 1 fully saturated rings. The lowest BCUT2D eigenvalue weighted by molar-refractivity contribution is 0.0600. The highest BCUT2D eigenvalue weighted by Crippen LogP contribution is 2.30. The Morgan fingerprint density at radius 1 is 1.37 bits per heavy atom. The molecule has 1 aromatic carbocycles. The highest BCUT2D eigenvalue weighted by molar-refractivity contribution is 5.91. The van der Waals surface area contributed by atoms with Crippen LogP contribution in [0.15, 0.2) is 18.2 Å². The molecule has 1 aliphatic rings. The van der Waals surface area contributed by atoms with Crippen LogP contribution >= 0.6 is 0 Å². The fraction of sp³-hybridized carbons (Fsp3) is 0.467. The van der Waals surface area contributed by atoms with Crippen molar-refractivity contribution in [3.8, 4) is 5.75 Å². The number of rotatable bonds is 5. The van der Waals surface area contributed by atoms with Crippen molar-refractivity contribution in [2.75, 3.05) is 13.7 Å². The maximum Gasteiger partial charge on any atom is 0.337 e. The fourth-order valence-corrected chi connectivity index (χ4v) is 1.49. The molecule has 4 heteroatoms. The number of carbonyl (C=O) groups is 2. The molecule has 4 nitrogen and oxygen atoms in total. The number of ether oxygens (including phenoxy) is 2. The van der Waals surface area contributed by atoms with Crippen LogP contribution in [0.5, 0.6) is 5.75 Å². The van der Waals surface area contributed by atoms with Gasteiger partial charge in [0.2, 0.25) is 0 Å². The summed E-state index contributed by atoms with van der Waals surface area (Å²) in [5.74, 6) is 0.616. The number of hydrogen-bond donors (Lipinski definition) is 0. The number of esters is 1. The molecule has 1 aromatic rings. The van der Waals surface area contributed by atoms with Crippen molar-refractivity contribution in [3.05, 3.63) is 29.3 Å². The van der Waals surface area contributed by atoms with Crippen LogP contribution in [-0.2, 0) is 4.74 Å². The largest absolute Gasteiger partial charge is 0.493 e. The van der Waals surface area contributed by atoms with Crippen LogP contribution < -0.4 is 4.74 Å². The van der Waals surface area contributed by atoms with Gasteiger partial charge in [-0.15, -0.1) is 0 Å². The van der Waals surface area contributed by atoms with Gasteiger partial charge in [-0.3, -0.25) is 4.79 Å². The number of benzene rings is 1. The Morgan fingerprint density at radius 3 is 2.58 bits per heavy atom. The molecule has 0 N–H and O–H groups in total. The molecule has 0 bridgehead atoms. The molecule has 0 radical (unpaired) electrons. The maximum absolute atomic E-state index is 11.3. The molecular formula is C15H20O4. The quantitative estimate of drug-likeness (QED) is 0.605. The molecule has 0 aliphatic heterocycles. The zero-order chi connectivity index (χ0) is 14.3. The summed E-state index contributed by atoms with van der Waals surface area (Å²) < 4.78 is 10.2. The predicted molar refractivity (Wildman–Crippen MR) is 72.7 cm³/mol. The third kappa shape index (κ3) is 4.39. The van der Waals surface area contributed by atoms with Crippen molar-refractivity contribution in [2.24, 2.45) is 5.92 Å². The van der Waals surface area contributed by atoms with Gasteiger partial charge in [-0.25, -0.2) is 4.79 Å². The van der Waals surface area contributed by atoms with Gasteiger partial charge >= 0.3 is 5.97 Å². The minimum atomic E-state index is -0.432. The van der Waals surface area contributed by atoms with Gasteiger partial charge in [-0.05, 0) is 37.0 Å². The van der Waals surface area contributed by atoms with Crippen molar-refractivity contribution in [1.82, 2.24) is 0 Å². The van der Waals surface area contributed by atoms with E-state index in [9.17, 15) is 9.59 Å². The molecule has 0 heterocycles. The molecule has 0 atom stereocenters. The van der Waals surface area contributed by atoms with Crippen LogP contribution in [0.25, 0.3) is 0 Å². The SMILES string of the molecule is CC.COC(=O)c1ccc(C=O)c(OCC2CC2)c1. The van der Waals surface area contributed by atoms with Crippen LogP contribution in [0.4, 0.5) is 0 Å². The van der Waals surface area contributed by atoms with E-state index in [4.69, 9.17) is 4.74 Å². The van der Waals surface area contributed by atoms with Crippen LogP contribution in [0.2, 0.25) is 0 Å². The molecule has 104 valence electrons. The Bertz CT molecular complexity index is 436. The lowest BCUT2D eigenvalue weighted by Crippen LogP contribution is -2.05. The highest BCUT2D eigenvalue weighted by atomic mass is 16.5. The van der Waals surface area contributed by atoms with E-state index in [-0.39, 0.29) is 0 Å². The fourth-order valence-electron chi connectivity index (χ4n) is 1.49. The Balaban J connectivity index is 0.000000861. The summed E-state index contributed by atoms with van der Waals surface area (Å²) in [7, 11) is 1.32. The van der Waals surface area contributed by atoms with E-state index in [0.717, 1.165) is 6.29 Å². The summed E-state index contributed by atoms with van der Waals surface area (Å²) in [5, 5.41) is 0. The average molecular weight is 264 g/mol. The number of methoxy groups -OCH3 is 1. The maximum atomic E-state index is 11.3. The zero-order valence-electron chi connectivity index (χ0n) is 11.6. The average Bonchev–Trinajstić information content (AvgIpc) is 3.30. The van der Waals surface area contributed by atoms with Crippen molar-refractivity contribution in [2.45, 2.75) is 26.7 Å². The van der Waals surface area contributed by atoms with Crippen molar-refractivity contribution < 1.29 is 19.1 Å². The third-order valence-corrected chi connectivity index (χ3v) is 2.73. The van der Waals surface area contributed by atoms with Gasteiger partial charge in [0, 0.05) is 0 Å². The lowest BCUT2D eigenvalue weighted by Gasteiger charge is -2.09. The first kappa shape index (κ1) is 15.2. The Hall–Kier alpha value is -1.84. The standard InChI is InChI=1S/C13H14O4.C2H6/c1-16-13(15)10-4-5-11(7-14)12(6-10)17-8-9-2-3-9;1-2/h4-7,9H,2-3,8H2,1H3;1-2H3. The van der Waals surface area contributed by atoms with E-state index >= 15 is 0 Å². The molecule has 1 saturated carbocycles. The van der Waals surface area contributed by atoms with E-state index in [2.05, 4.69) is 4.74 Å². The summed E-state index contributed by atoms with van der Waals surface area (Å²) in [6, 6.07) is 4.68. The van der Waals surface area contributed by atoms with Gasteiger partial charge in [0.05, 0.1) is 24.8 Å². The van der Waals surface area contributed by atoms with Gasteiger partial charge in [-0.2, -0.15) is 0 Å². The van der Waals surface area contributed by atoms with Crippen LogP contribution in [0.3, 0.4) is 0 Å². The lowest BCUT2D eigenvalue weighted by atomic mass is 10.1. The molecule has 0 unspecified atom stereocenters. The highest BCUT2D eigenvalue weighted by Gasteiger charge is 2.22. The number of aldehydes is 1. The van der Waals surface area contributed by atoms with Gasteiger partial charge in [-0.1, -0.05) is 13.8 Å². The Morgan fingerprint density at radius 2 is 2.05 bits per heavy atom. The van der Waals surface area contributed by atoms with Crippen LogP contribution in [0, 0.1) is 5.92 Å². The molecule has 0 aromatic heterocycles. The summed E-state index contributed by atoms with van der Waals surface area (Å²) in [6.07, 6.45) is 3.07. The van der Waals surface area contributed by atoms with Gasteiger partial charge in [0.1, 0.15) is 5.75 Å². The second-order valence-electron chi connectivity index (χ2n) is 4.12. The second kappa shape index (κ2) is 7.56. The molecule has 0 amide bonds. The summed E-state index contributed by atoms with van der Waals surface area (Å²) in [6.45, 7) is 4.60. The van der Waals surface area contributed by atoms with E-state index in [0.29, 0.717) is 29.4 Å². The van der Waals surface area contributed by atoms with Gasteiger partial charge in [0.25, 0.3) is 0 Å². The summed E-state index contributed by atoms with van der Waals surface area (Å²) in [4.78, 5) is 22.2. The van der Waals surface area contributed by atoms with Gasteiger partial charge < -0.3 is 9.47 Å². The molecule has 1 aliphatic carbocycles. The monoisotopic (exact) mass is 264 g/mol. The third-order valence-electron chi connectivity index (χ3n) is 2.73. The van der Waals surface area contributed by atoms with E-state index in [1.54, 1.807) is 18.2 Å². The van der Waals surface area contributed by atoms with E-state index < -0.39 is 5.97 Å². The smallest absolute Gasteiger partial charge is 0.337 e. The minimum absolute atomic E-state index is 0.392.